The molecule has 29 heavy (non-hydrogen) atoms. The summed E-state index contributed by atoms with van der Waals surface area (Å²) in [6.07, 6.45) is 2.72. The van der Waals surface area contributed by atoms with E-state index in [1.165, 1.54) is 6.33 Å². The Morgan fingerprint density at radius 2 is 2.03 bits per heavy atom. The number of hydrogen-bond donors (Lipinski definition) is 3. The van der Waals surface area contributed by atoms with Crippen LogP contribution in [0.2, 0.25) is 0 Å². The Hall–Kier alpha value is -1.91. The lowest BCUT2D eigenvalue weighted by Gasteiger charge is -2.24. The van der Waals surface area contributed by atoms with Crippen LogP contribution in [-0.4, -0.2) is 55.2 Å². The van der Waals surface area contributed by atoms with Crippen LogP contribution in [-0.2, 0) is 18.8 Å². The summed E-state index contributed by atoms with van der Waals surface area (Å²) in [5.74, 6) is -0.145. The van der Waals surface area contributed by atoms with Gasteiger partial charge >= 0.3 is 5.97 Å². The normalized spacial score (nSPS) is 16.0. The molecule has 4 atom stereocenters. The van der Waals surface area contributed by atoms with Gasteiger partial charge in [0.25, 0.3) is 8.53 Å². The minimum absolute atomic E-state index is 0.145. The van der Waals surface area contributed by atoms with Crippen molar-refractivity contribution in [1.29, 1.82) is 0 Å². The van der Waals surface area contributed by atoms with Gasteiger partial charge in [0.05, 0.1) is 25.1 Å². The molecule has 2 aromatic heterocycles. The Bertz CT molecular complexity index is 804. The Morgan fingerprint density at radius 1 is 1.31 bits per heavy atom. The van der Waals surface area contributed by atoms with E-state index < -0.39 is 20.5 Å². The van der Waals surface area contributed by atoms with Crippen LogP contribution < -0.4 is 10.8 Å². The molecule has 2 rings (SSSR count). The smallest absolute Gasteiger partial charge is 0.323 e. The molecular formula is C17H29N6O5P. The number of imidazole rings is 1. The first kappa shape index (κ1) is 23.4. The van der Waals surface area contributed by atoms with E-state index in [0.29, 0.717) is 23.4 Å². The summed E-state index contributed by atoms with van der Waals surface area (Å²) in [4.78, 5) is 34.2. The van der Waals surface area contributed by atoms with E-state index in [-0.39, 0.29) is 25.0 Å². The topological polar surface area (TPSA) is 147 Å². The first-order chi connectivity index (χ1) is 13.7. The summed E-state index contributed by atoms with van der Waals surface area (Å²) >= 11 is 0. The van der Waals surface area contributed by atoms with Crippen LogP contribution in [0.5, 0.6) is 0 Å². The molecule has 0 aliphatic rings. The van der Waals surface area contributed by atoms with Gasteiger partial charge in [-0.2, -0.15) is 0 Å². The first-order valence-corrected chi connectivity index (χ1v) is 10.6. The number of aromatic nitrogens is 4. The van der Waals surface area contributed by atoms with Crippen LogP contribution in [0.15, 0.2) is 12.7 Å². The van der Waals surface area contributed by atoms with E-state index in [0.717, 1.165) is 0 Å². The van der Waals surface area contributed by atoms with E-state index >= 15 is 0 Å². The van der Waals surface area contributed by atoms with E-state index in [9.17, 15) is 9.69 Å². The third-order valence-electron chi connectivity index (χ3n) is 4.02. The number of hydrogen-bond acceptors (Lipinski definition) is 10. The Labute approximate surface area is 170 Å². The highest BCUT2D eigenvalue weighted by atomic mass is 31.2. The number of ether oxygens (including phenoxy) is 2. The molecule has 2 aromatic rings. The molecule has 0 bridgehead atoms. The predicted molar refractivity (Wildman–Crippen MR) is 109 cm³/mol. The standard InChI is InChI=1S/C17H29N6O5P/c1-6-13(7-26-29(25)22-11(4)17(24)27-10(2)3)28-12(5)23-9-21-14-15(18)19-8-20-16(14)23/h8-13,22,25H,6-7H2,1-5H3,(H2,18,19,20). The summed E-state index contributed by atoms with van der Waals surface area (Å²) in [5.41, 5.74) is 6.90. The van der Waals surface area contributed by atoms with Gasteiger partial charge in [-0.25, -0.2) is 20.0 Å². The second-order valence-corrected chi connectivity index (χ2v) is 7.82. The van der Waals surface area contributed by atoms with E-state index in [2.05, 4.69) is 20.0 Å². The van der Waals surface area contributed by atoms with Crippen LogP contribution >= 0.6 is 8.53 Å². The predicted octanol–water partition coefficient (Wildman–Crippen LogP) is 1.89. The van der Waals surface area contributed by atoms with Crippen LogP contribution in [0.1, 0.15) is 47.3 Å². The summed E-state index contributed by atoms with van der Waals surface area (Å²) < 4.78 is 18.3. The molecule has 0 saturated carbocycles. The molecule has 0 fully saturated rings. The molecule has 11 nitrogen and oxygen atoms in total. The molecule has 0 saturated heterocycles. The molecule has 12 heteroatoms. The van der Waals surface area contributed by atoms with Crippen molar-refractivity contribution in [3.63, 3.8) is 0 Å². The average Bonchev–Trinajstić information content (AvgIpc) is 3.10. The van der Waals surface area contributed by atoms with E-state index in [1.54, 1.807) is 31.7 Å². The van der Waals surface area contributed by atoms with Gasteiger partial charge in [-0.15, -0.1) is 0 Å². The van der Waals surface area contributed by atoms with Crippen molar-refractivity contribution in [2.24, 2.45) is 0 Å². The molecule has 0 amide bonds. The third kappa shape index (κ3) is 6.55. The fourth-order valence-corrected chi connectivity index (χ4v) is 3.30. The number of nitrogens with one attached hydrogen (secondary N) is 1. The van der Waals surface area contributed by atoms with Crippen molar-refractivity contribution in [3.05, 3.63) is 12.7 Å². The van der Waals surface area contributed by atoms with Gasteiger partial charge < -0.3 is 24.6 Å². The molecule has 2 heterocycles. The van der Waals surface area contributed by atoms with Crippen molar-refractivity contribution in [2.45, 2.75) is 65.5 Å². The number of nitrogens with two attached hydrogens (primary N) is 1. The fraction of sp³-hybridized carbons (Fsp3) is 0.647. The van der Waals surface area contributed by atoms with Crippen molar-refractivity contribution in [2.75, 3.05) is 12.3 Å². The third-order valence-corrected chi connectivity index (χ3v) is 5.02. The van der Waals surface area contributed by atoms with Crippen molar-refractivity contribution < 1.29 is 23.7 Å². The maximum absolute atomic E-state index is 11.8. The zero-order valence-electron chi connectivity index (χ0n) is 17.3. The highest BCUT2D eigenvalue weighted by molar-refractivity contribution is 7.43. The van der Waals surface area contributed by atoms with Crippen LogP contribution in [0.4, 0.5) is 5.82 Å². The SMILES string of the molecule is CCC(COP(O)NC(C)C(=O)OC(C)C)OC(C)n1cnc2c(N)ncnc21. The van der Waals surface area contributed by atoms with Crippen molar-refractivity contribution in [1.82, 2.24) is 24.6 Å². The number of fused-ring (bicyclic) bond motifs is 1. The quantitative estimate of drug-likeness (QED) is 0.358. The average molecular weight is 428 g/mol. The molecule has 0 aromatic carbocycles. The van der Waals surface area contributed by atoms with Gasteiger partial charge in [0.15, 0.2) is 11.5 Å². The van der Waals surface area contributed by atoms with E-state index in [1.807, 2.05) is 13.8 Å². The first-order valence-electron chi connectivity index (χ1n) is 9.39. The lowest BCUT2D eigenvalue weighted by Crippen LogP contribution is -2.34. The summed E-state index contributed by atoms with van der Waals surface area (Å²) in [7, 11) is -2.01. The fourth-order valence-electron chi connectivity index (χ4n) is 2.48. The van der Waals surface area contributed by atoms with Gasteiger partial charge in [0.2, 0.25) is 0 Å². The zero-order chi connectivity index (χ0) is 21.6. The highest BCUT2D eigenvalue weighted by Gasteiger charge is 2.22. The Balaban J connectivity index is 1.88. The molecule has 0 radical (unpaired) electrons. The summed E-state index contributed by atoms with van der Waals surface area (Å²) in [5, 5.41) is 2.70. The number of carbonyl (C=O) groups excluding carboxylic acids is 1. The minimum Gasteiger partial charge on any atom is -0.462 e. The molecule has 162 valence electrons. The van der Waals surface area contributed by atoms with Gasteiger partial charge in [-0.05, 0) is 34.1 Å². The second-order valence-electron chi connectivity index (χ2n) is 6.75. The van der Waals surface area contributed by atoms with Crippen molar-refractivity contribution >= 4 is 31.5 Å². The maximum Gasteiger partial charge on any atom is 0.323 e. The minimum atomic E-state index is -2.01. The van der Waals surface area contributed by atoms with Crippen LogP contribution in [0.25, 0.3) is 11.2 Å². The molecular weight excluding hydrogens is 399 g/mol. The monoisotopic (exact) mass is 428 g/mol. The van der Waals surface area contributed by atoms with Gasteiger partial charge in [-0.3, -0.25) is 9.36 Å². The Morgan fingerprint density at radius 3 is 2.69 bits per heavy atom. The maximum atomic E-state index is 11.8. The van der Waals surface area contributed by atoms with Crippen LogP contribution in [0.3, 0.4) is 0 Å². The number of nitrogens with zero attached hydrogens (tertiary/aromatic N) is 4. The molecule has 0 aliphatic carbocycles. The molecule has 0 spiro atoms. The molecule has 4 unspecified atom stereocenters. The van der Waals surface area contributed by atoms with Crippen LogP contribution in [0, 0.1) is 0 Å². The summed E-state index contributed by atoms with van der Waals surface area (Å²) in [6, 6.07) is -0.684. The lowest BCUT2D eigenvalue weighted by molar-refractivity contribution is -0.149. The van der Waals surface area contributed by atoms with Crippen molar-refractivity contribution in [3.8, 4) is 0 Å². The number of anilines is 1. The van der Waals surface area contributed by atoms with Gasteiger partial charge in [-0.1, -0.05) is 6.92 Å². The number of nitrogen functional groups attached to an aromatic ring is 1. The number of rotatable bonds is 11. The van der Waals surface area contributed by atoms with Gasteiger partial charge in [0, 0.05) is 0 Å². The molecule has 4 N–H and O–H groups in total. The second kappa shape index (κ2) is 10.7. The zero-order valence-corrected chi connectivity index (χ0v) is 18.2. The summed E-state index contributed by atoms with van der Waals surface area (Å²) in [6.45, 7) is 9.07. The van der Waals surface area contributed by atoms with Gasteiger partial charge in [0.1, 0.15) is 24.1 Å². The highest BCUT2D eigenvalue weighted by Crippen LogP contribution is 2.28. The lowest BCUT2D eigenvalue weighted by atomic mass is 10.3. The largest absolute Gasteiger partial charge is 0.462 e. The number of carbonyl (C=O) groups is 1. The number of esters is 1. The Kier molecular flexibility index (Phi) is 8.66. The van der Waals surface area contributed by atoms with E-state index in [4.69, 9.17) is 19.7 Å². The molecule has 0 aliphatic heterocycles.